The molecule has 0 aliphatic carbocycles. The first-order valence-corrected chi connectivity index (χ1v) is 8.26. The van der Waals surface area contributed by atoms with Gasteiger partial charge < -0.3 is 10.1 Å². The van der Waals surface area contributed by atoms with Gasteiger partial charge in [-0.05, 0) is 56.5 Å². The standard InChI is InChI=1S/C19H26N2O2/c1-4-9-21-10-6-5-7-18(21)19(22)20-8-11-23-17-13-15(2)12-16(3)14-17/h1,12-14,18H,5-11H2,2-3H3,(H,20,22). The number of ether oxygens (including phenoxy) is 1. The summed E-state index contributed by atoms with van der Waals surface area (Å²) in [5.41, 5.74) is 2.35. The van der Waals surface area contributed by atoms with Gasteiger partial charge in [0.25, 0.3) is 0 Å². The Balaban J connectivity index is 1.76. The molecule has 1 fully saturated rings. The number of benzene rings is 1. The SMILES string of the molecule is C#CCN1CCCCC1C(=O)NCCOc1cc(C)cc(C)c1. The van der Waals surface area contributed by atoms with Crippen LogP contribution in [-0.2, 0) is 4.79 Å². The van der Waals surface area contributed by atoms with Gasteiger partial charge >= 0.3 is 0 Å². The predicted octanol–water partition coefficient (Wildman–Crippen LogP) is 2.29. The van der Waals surface area contributed by atoms with Crippen molar-refractivity contribution in [2.75, 3.05) is 26.2 Å². The van der Waals surface area contributed by atoms with Crippen molar-refractivity contribution in [3.63, 3.8) is 0 Å². The Kier molecular flexibility index (Phi) is 6.49. The summed E-state index contributed by atoms with van der Waals surface area (Å²) in [6.45, 7) is 6.51. The van der Waals surface area contributed by atoms with E-state index < -0.39 is 0 Å². The summed E-state index contributed by atoms with van der Waals surface area (Å²) >= 11 is 0. The van der Waals surface area contributed by atoms with Gasteiger partial charge in [0.1, 0.15) is 12.4 Å². The Morgan fingerprint density at radius 3 is 2.78 bits per heavy atom. The van der Waals surface area contributed by atoms with Gasteiger partial charge in [0.15, 0.2) is 0 Å². The molecule has 1 heterocycles. The summed E-state index contributed by atoms with van der Waals surface area (Å²) in [7, 11) is 0. The minimum atomic E-state index is -0.0963. The van der Waals surface area contributed by atoms with Gasteiger partial charge in [0.2, 0.25) is 5.91 Å². The van der Waals surface area contributed by atoms with Crippen LogP contribution in [0.2, 0.25) is 0 Å². The lowest BCUT2D eigenvalue weighted by molar-refractivity contribution is -0.127. The van der Waals surface area contributed by atoms with Crippen molar-refractivity contribution in [1.29, 1.82) is 0 Å². The molecule has 124 valence electrons. The van der Waals surface area contributed by atoms with Crippen LogP contribution in [0.4, 0.5) is 0 Å². The molecule has 0 bridgehead atoms. The van der Waals surface area contributed by atoms with E-state index in [1.54, 1.807) is 0 Å². The molecule has 1 amide bonds. The number of carbonyl (C=O) groups excluding carboxylic acids is 1. The number of terminal acetylenes is 1. The number of nitrogens with zero attached hydrogens (tertiary/aromatic N) is 1. The maximum absolute atomic E-state index is 12.3. The van der Waals surface area contributed by atoms with Crippen LogP contribution in [0.3, 0.4) is 0 Å². The third-order valence-electron chi connectivity index (χ3n) is 4.08. The topological polar surface area (TPSA) is 41.6 Å². The van der Waals surface area contributed by atoms with Crippen LogP contribution < -0.4 is 10.1 Å². The van der Waals surface area contributed by atoms with Gasteiger partial charge in [-0.2, -0.15) is 0 Å². The van der Waals surface area contributed by atoms with E-state index in [-0.39, 0.29) is 11.9 Å². The van der Waals surface area contributed by atoms with Crippen molar-refractivity contribution >= 4 is 5.91 Å². The molecule has 2 rings (SSSR count). The first kappa shape index (κ1) is 17.4. The average molecular weight is 314 g/mol. The van der Waals surface area contributed by atoms with Crippen molar-refractivity contribution in [3.05, 3.63) is 29.3 Å². The van der Waals surface area contributed by atoms with E-state index >= 15 is 0 Å². The summed E-state index contributed by atoms with van der Waals surface area (Å²) in [6, 6.07) is 6.02. The van der Waals surface area contributed by atoms with E-state index in [2.05, 4.69) is 22.2 Å². The number of aryl methyl sites for hydroxylation is 2. The Morgan fingerprint density at radius 2 is 2.09 bits per heavy atom. The molecule has 1 aromatic rings. The number of hydrogen-bond donors (Lipinski definition) is 1. The molecule has 23 heavy (non-hydrogen) atoms. The van der Waals surface area contributed by atoms with Crippen LogP contribution >= 0.6 is 0 Å². The summed E-state index contributed by atoms with van der Waals surface area (Å²) < 4.78 is 5.72. The molecule has 4 nitrogen and oxygen atoms in total. The van der Waals surface area contributed by atoms with Crippen molar-refractivity contribution in [2.45, 2.75) is 39.2 Å². The van der Waals surface area contributed by atoms with Crippen molar-refractivity contribution in [3.8, 4) is 18.1 Å². The van der Waals surface area contributed by atoms with Crippen molar-refractivity contribution in [2.24, 2.45) is 0 Å². The zero-order valence-electron chi connectivity index (χ0n) is 14.1. The molecule has 1 aromatic carbocycles. The summed E-state index contributed by atoms with van der Waals surface area (Å²) in [6.07, 6.45) is 8.46. The molecule has 1 saturated heterocycles. The molecule has 1 unspecified atom stereocenters. The van der Waals surface area contributed by atoms with Crippen molar-refractivity contribution < 1.29 is 9.53 Å². The van der Waals surface area contributed by atoms with E-state index in [1.807, 2.05) is 26.0 Å². The summed E-state index contributed by atoms with van der Waals surface area (Å²) in [5.74, 6) is 3.55. The molecule has 1 aliphatic rings. The Bertz CT molecular complexity index is 557. The van der Waals surface area contributed by atoms with Crippen LogP contribution in [0.15, 0.2) is 18.2 Å². The number of carbonyl (C=O) groups is 1. The molecule has 4 heteroatoms. The predicted molar refractivity (Wildman–Crippen MR) is 92.5 cm³/mol. The normalized spacial score (nSPS) is 18.2. The van der Waals surface area contributed by atoms with Crippen LogP contribution in [-0.4, -0.2) is 43.1 Å². The van der Waals surface area contributed by atoms with Gasteiger partial charge in [-0.3, -0.25) is 9.69 Å². The smallest absolute Gasteiger partial charge is 0.237 e. The second-order valence-corrected chi connectivity index (χ2v) is 6.15. The number of likely N-dealkylation sites (tertiary alicyclic amines) is 1. The number of piperidine rings is 1. The highest BCUT2D eigenvalue weighted by molar-refractivity contribution is 5.81. The van der Waals surface area contributed by atoms with Crippen molar-refractivity contribution in [1.82, 2.24) is 10.2 Å². The lowest BCUT2D eigenvalue weighted by atomic mass is 10.0. The number of nitrogens with one attached hydrogen (secondary N) is 1. The Labute approximate surface area is 139 Å². The quantitative estimate of drug-likeness (QED) is 0.647. The fraction of sp³-hybridized carbons (Fsp3) is 0.526. The van der Waals surface area contributed by atoms with E-state index in [1.165, 1.54) is 11.1 Å². The second-order valence-electron chi connectivity index (χ2n) is 6.15. The van der Waals surface area contributed by atoms with E-state index in [4.69, 9.17) is 11.2 Å². The Hall–Kier alpha value is -1.99. The first-order chi connectivity index (χ1) is 11.1. The number of rotatable bonds is 6. The largest absolute Gasteiger partial charge is 0.492 e. The zero-order valence-corrected chi connectivity index (χ0v) is 14.1. The number of amides is 1. The lowest BCUT2D eigenvalue weighted by Gasteiger charge is -2.33. The van der Waals surface area contributed by atoms with Gasteiger partial charge in [0, 0.05) is 0 Å². The highest BCUT2D eigenvalue weighted by Gasteiger charge is 2.27. The average Bonchev–Trinajstić information content (AvgIpc) is 2.51. The zero-order chi connectivity index (χ0) is 16.7. The molecular weight excluding hydrogens is 288 g/mol. The Morgan fingerprint density at radius 1 is 1.35 bits per heavy atom. The maximum atomic E-state index is 12.3. The van der Waals surface area contributed by atoms with E-state index in [9.17, 15) is 4.79 Å². The highest BCUT2D eigenvalue weighted by Crippen LogP contribution is 2.17. The van der Waals surface area contributed by atoms with Gasteiger partial charge in [-0.15, -0.1) is 6.42 Å². The fourth-order valence-corrected chi connectivity index (χ4v) is 3.07. The van der Waals surface area contributed by atoms with E-state index in [0.29, 0.717) is 19.7 Å². The molecule has 0 spiro atoms. The summed E-state index contributed by atoms with van der Waals surface area (Å²) in [4.78, 5) is 14.4. The minimum absolute atomic E-state index is 0.0592. The lowest BCUT2D eigenvalue weighted by Crippen LogP contribution is -2.50. The third kappa shape index (κ3) is 5.30. The molecule has 0 radical (unpaired) electrons. The third-order valence-corrected chi connectivity index (χ3v) is 4.08. The first-order valence-electron chi connectivity index (χ1n) is 8.26. The van der Waals surface area contributed by atoms with Crippen LogP contribution in [0.1, 0.15) is 30.4 Å². The second kappa shape index (κ2) is 8.59. The summed E-state index contributed by atoms with van der Waals surface area (Å²) in [5, 5.41) is 2.97. The molecule has 0 aromatic heterocycles. The molecule has 1 atom stereocenters. The van der Waals surface area contributed by atoms with Crippen LogP contribution in [0.5, 0.6) is 5.75 Å². The van der Waals surface area contributed by atoms with Crippen LogP contribution in [0.25, 0.3) is 0 Å². The molecule has 1 aliphatic heterocycles. The molecule has 1 N–H and O–H groups in total. The van der Waals surface area contributed by atoms with Gasteiger partial charge in [-0.1, -0.05) is 18.4 Å². The minimum Gasteiger partial charge on any atom is -0.492 e. The molecule has 0 saturated carbocycles. The van der Waals surface area contributed by atoms with Crippen LogP contribution in [0, 0.1) is 26.2 Å². The fourth-order valence-electron chi connectivity index (χ4n) is 3.07. The van der Waals surface area contributed by atoms with Gasteiger partial charge in [-0.25, -0.2) is 0 Å². The maximum Gasteiger partial charge on any atom is 0.237 e. The number of hydrogen-bond acceptors (Lipinski definition) is 3. The monoisotopic (exact) mass is 314 g/mol. The van der Waals surface area contributed by atoms with Gasteiger partial charge in [0.05, 0.1) is 19.1 Å². The highest BCUT2D eigenvalue weighted by atomic mass is 16.5. The van der Waals surface area contributed by atoms with E-state index in [0.717, 1.165) is 31.6 Å². The molecular formula is C19H26N2O2.